The van der Waals surface area contributed by atoms with Crippen molar-refractivity contribution in [2.24, 2.45) is 0 Å². The molecule has 1 aliphatic carbocycles. The summed E-state index contributed by atoms with van der Waals surface area (Å²) >= 11 is 6.29. The first kappa shape index (κ1) is 13.2. The van der Waals surface area contributed by atoms with E-state index in [9.17, 15) is 5.11 Å². The highest BCUT2D eigenvalue weighted by Crippen LogP contribution is 2.38. The fraction of sp³-hybridized carbons (Fsp3) is 0.600. The Bertz CT molecular complexity index is 470. The zero-order valence-electron chi connectivity index (χ0n) is 11.2. The van der Waals surface area contributed by atoms with E-state index in [0.717, 1.165) is 64.0 Å². The van der Waals surface area contributed by atoms with Crippen molar-refractivity contribution in [1.82, 2.24) is 10.2 Å². The summed E-state index contributed by atoms with van der Waals surface area (Å²) in [5, 5.41) is 14.2. The Morgan fingerprint density at radius 2 is 2.05 bits per heavy atom. The lowest BCUT2D eigenvalue weighted by Crippen LogP contribution is -2.44. The minimum absolute atomic E-state index is 0.317. The van der Waals surface area contributed by atoms with E-state index in [1.807, 2.05) is 0 Å². The highest BCUT2D eigenvalue weighted by molar-refractivity contribution is 6.33. The molecule has 3 nitrogen and oxygen atoms in total. The van der Waals surface area contributed by atoms with E-state index in [4.69, 9.17) is 11.6 Å². The third-order valence-electron chi connectivity index (χ3n) is 4.29. The lowest BCUT2D eigenvalue weighted by molar-refractivity contribution is 0.243. The van der Waals surface area contributed by atoms with E-state index in [1.54, 1.807) is 0 Å². The fourth-order valence-corrected chi connectivity index (χ4v) is 3.48. The zero-order valence-corrected chi connectivity index (χ0v) is 12.0. The van der Waals surface area contributed by atoms with Crippen molar-refractivity contribution in [3.05, 3.63) is 27.8 Å². The minimum atomic E-state index is 0.317. The number of halogens is 1. The topological polar surface area (TPSA) is 35.5 Å². The zero-order chi connectivity index (χ0) is 13.2. The van der Waals surface area contributed by atoms with Crippen LogP contribution in [0.1, 0.15) is 23.1 Å². The van der Waals surface area contributed by atoms with Crippen molar-refractivity contribution in [1.29, 1.82) is 0 Å². The lowest BCUT2D eigenvalue weighted by Gasteiger charge is -2.27. The Kier molecular flexibility index (Phi) is 3.96. The molecule has 0 amide bonds. The van der Waals surface area contributed by atoms with Gasteiger partial charge >= 0.3 is 0 Å². The molecule has 2 N–H and O–H groups in total. The predicted octanol–water partition coefficient (Wildman–Crippen LogP) is 1.98. The van der Waals surface area contributed by atoms with Crippen molar-refractivity contribution in [3.63, 3.8) is 0 Å². The SMILES string of the molecule is Oc1c(CCN2CCNCC2)cc2c(c1Cl)CCC2. The molecule has 0 radical (unpaired) electrons. The van der Waals surface area contributed by atoms with Gasteiger partial charge < -0.3 is 15.3 Å². The van der Waals surface area contributed by atoms with Gasteiger partial charge in [-0.15, -0.1) is 0 Å². The number of nitrogens with zero attached hydrogens (tertiary/aromatic N) is 1. The molecule has 1 saturated heterocycles. The molecule has 0 bridgehead atoms. The summed E-state index contributed by atoms with van der Waals surface area (Å²) in [4.78, 5) is 2.44. The molecule has 1 aliphatic heterocycles. The number of phenolic OH excluding ortho intramolecular Hbond substituents is 1. The largest absolute Gasteiger partial charge is 0.506 e. The minimum Gasteiger partial charge on any atom is -0.506 e. The maximum absolute atomic E-state index is 10.2. The molecule has 4 heteroatoms. The first-order chi connectivity index (χ1) is 9.25. The van der Waals surface area contributed by atoms with Crippen LogP contribution in [0.25, 0.3) is 0 Å². The van der Waals surface area contributed by atoms with Crippen LogP contribution in [0, 0.1) is 0 Å². The molecule has 0 aromatic heterocycles. The van der Waals surface area contributed by atoms with E-state index in [-0.39, 0.29) is 0 Å². The Morgan fingerprint density at radius 3 is 2.84 bits per heavy atom. The molecule has 3 rings (SSSR count). The van der Waals surface area contributed by atoms with Crippen LogP contribution >= 0.6 is 11.6 Å². The van der Waals surface area contributed by atoms with Gasteiger partial charge in [0.15, 0.2) is 0 Å². The quantitative estimate of drug-likeness (QED) is 0.889. The number of aromatic hydroxyl groups is 1. The highest BCUT2D eigenvalue weighted by Gasteiger charge is 2.20. The van der Waals surface area contributed by atoms with Gasteiger partial charge in [0.05, 0.1) is 5.02 Å². The van der Waals surface area contributed by atoms with Crippen LogP contribution in [0.2, 0.25) is 5.02 Å². The second kappa shape index (κ2) is 5.70. The fourth-order valence-electron chi connectivity index (χ4n) is 3.14. The van der Waals surface area contributed by atoms with Gasteiger partial charge in [-0.3, -0.25) is 0 Å². The summed E-state index contributed by atoms with van der Waals surface area (Å²) in [6, 6.07) is 2.17. The molecule has 19 heavy (non-hydrogen) atoms. The van der Waals surface area contributed by atoms with Crippen molar-refractivity contribution in [3.8, 4) is 5.75 Å². The third kappa shape index (κ3) is 2.73. The first-order valence-corrected chi connectivity index (χ1v) is 7.58. The summed E-state index contributed by atoms with van der Waals surface area (Å²) in [6.07, 6.45) is 4.17. The number of aryl methyl sites for hydroxylation is 1. The molecule has 0 unspecified atom stereocenters. The number of phenols is 1. The van der Waals surface area contributed by atoms with E-state index in [1.165, 1.54) is 11.1 Å². The van der Waals surface area contributed by atoms with Crippen LogP contribution in [0.5, 0.6) is 5.75 Å². The molecular formula is C15H21ClN2O. The Morgan fingerprint density at radius 1 is 1.26 bits per heavy atom. The van der Waals surface area contributed by atoms with Crippen LogP contribution in [0.15, 0.2) is 6.07 Å². The molecule has 1 aromatic rings. The number of hydrogen-bond donors (Lipinski definition) is 2. The number of hydrogen-bond acceptors (Lipinski definition) is 3. The van der Waals surface area contributed by atoms with Gasteiger partial charge in [0.2, 0.25) is 0 Å². The van der Waals surface area contributed by atoms with E-state index >= 15 is 0 Å². The van der Waals surface area contributed by atoms with Gasteiger partial charge in [0, 0.05) is 32.7 Å². The number of piperazine rings is 1. The molecule has 1 heterocycles. The summed E-state index contributed by atoms with van der Waals surface area (Å²) < 4.78 is 0. The maximum Gasteiger partial charge on any atom is 0.137 e. The van der Waals surface area contributed by atoms with Gasteiger partial charge in [-0.1, -0.05) is 17.7 Å². The number of nitrogens with one attached hydrogen (secondary N) is 1. The summed E-state index contributed by atoms with van der Waals surface area (Å²) in [7, 11) is 0. The van der Waals surface area contributed by atoms with Crippen molar-refractivity contribution < 1.29 is 5.11 Å². The summed E-state index contributed by atoms with van der Waals surface area (Å²) in [5.74, 6) is 0.317. The predicted molar refractivity (Wildman–Crippen MR) is 78.2 cm³/mol. The second-order valence-corrected chi connectivity index (χ2v) is 5.91. The average molecular weight is 281 g/mol. The van der Waals surface area contributed by atoms with E-state index in [0.29, 0.717) is 10.8 Å². The van der Waals surface area contributed by atoms with Gasteiger partial charge in [-0.2, -0.15) is 0 Å². The smallest absolute Gasteiger partial charge is 0.137 e. The standard InChI is InChI=1S/C15H21ClN2O/c16-14-13-3-1-2-11(13)10-12(15(14)19)4-7-18-8-5-17-6-9-18/h10,17,19H,1-9H2. The highest BCUT2D eigenvalue weighted by atomic mass is 35.5. The number of benzene rings is 1. The molecule has 0 spiro atoms. The lowest BCUT2D eigenvalue weighted by atomic mass is 10.0. The van der Waals surface area contributed by atoms with Gasteiger partial charge in [-0.25, -0.2) is 0 Å². The monoisotopic (exact) mass is 280 g/mol. The van der Waals surface area contributed by atoms with Gasteiger partial charge in [0.25, 0.3) is 0 Å². The van der Waals surface area contributed by atoms with Gasteiger partial charge in [0.1, 0.15) is 5.75 Å². The van der Waals surface area contributed by atoms with Crippen LogP contribution in [-0.2, 0) is 19.3 Å². The van der Waals surface area contributed by atoms with E-state index in [2.05, 4.69) is 16.3 Å². The Balaban J connectivity index is 1.72. The molecular weight excluding hydrogens is 260 g/mol. The Hall–Kier alpha value is -0.770. The maximum atomic E-state index is 10.2. The van der Waals surface area contributed by atoms with Crippen LogP contribution in [-0.4, -0.2) is 42.7 Å². The average Bonchev–Trinajstić information content (AvgIpc) is 2.91. The third-order valence-corrected chi connectivity index (χ3v) is 4.70. The van der Waals surface area contributed by atoms with Crippen molar-refractivity contribution >= 4 is 11.6 Å². The normalized spacial score (nSPS) is 19.6. The van der Waals surface area contributed by atoms with E-state index < -0.39 is 0 Å². The second-order valence-electron chi connectivity index (χ2n) is 5.53. The Labute approximate surface area is 119 Å². The number of fused-ring (bicyclic) bond motifs is 1. The molecule has 104 valence electrons. The summed E-state index contributed by atoms with van der Waals surface area (Å²) in [6.45, 7) is 5.33. The van der Waals surface area contributed by atoms with Crippen LogP contribution < -0.4 is 5.32 Å². The van der Waals surface area contributed by atoms with Crippen LogP contribution in [0.4, 0.5) is 0 Å². The molecule has 0 atom stereocenters. The van der Waals surface area contributed by atoms with Crippen molar-refractivity contribution in [2.45, 2.75) is 25.7 Å². The molecule has 1 fully saturated rings. The van der Waals surface area contributed by atoms with Crippen molar-refractivity contribution in [2.75, 3.05) is 32.7 Å². The van der Waals surface area contributed by atoms with Crippen LogP contribution in [0.3, 0.4) is 0 Å². The summed E-state index contributed by atoms with van der Waals surface area (Å²) in [5.41, 5.74) is 3.53. The van der Waals surface area contributed by atoms with Gasteiger partial charge in [-0.05, 0) is 42.4 Å². The molecule has 2 aliphatic rings. The molecule has 1 aromatic carbocycles. The molecule has 0 saturated carbocycles. The number of rotatable bonds is 3. The first-order valence-electron chi connectivity index (χ1n) is 7.21.